The summed E-state index contributed by atoms with van der Waals surface area (Å²) in [7, 11) is -3.91. The molecule has 6 heteroatoms. The fourth-order valence-electron chi connectivity index (χ4n) is 1.93. The molecule has 0 heterocycles. The van der Waals surface area contributed by atoms with Gasteiger partial charge in [-0.15, -0.1) is 0 Å². The second-order valence-electron chi connectivity index (χ2n) is 5.05. The molecule has 21 heavy (non-hydrogen) atoms. The number of hydrogen-bond donors (Lipinski definition) is 1. The maximum Gasteiger partial charge on any atom is 0.281 e. The van der Waals surface area contributed by atoms with E-state index in [4.69, 9.17) is 5.73 Å². The number of nitrogens with zero attached hydrogens (tertiary/aromatic N) is 1. The van der Waals surface area contributed by atoms with Gasteiger partial charge in [-0.1, -0.05) is 39.0 Å². The average molecular weight is 311 g/mol. The van der Waals surface area contributed by atoms with E-state index in [-0.39, 0.29) is 11.3 Å². The van der Waals surface area contributed by atoms with Crippen molar-refractivity contribution in [1.82, 2.24) is 0 Å². The topological polar surface area (TPSA) is 95.6 Å². The number of sulfonamides is 1. The maximum atomic E-state index is 11.9. The molecule has 0 fully saturated rings. The summed E-state index contributed by atoms with van der Waals surface area (Å²) >= 11 is 0. The number of unbranched alkanes of at least 4 members (excludes halogenated alkanes) is 5. The summed E-state index contributed by atoms with van der Waals surface area (Å²) in [5.41, 5.74) is 5.96. The van der Waals surface area contributed by atoms with Gasteiger partial charge in [-0.3, -0.25) is 0 Å². The molecule has 0 aliphatic rings. The normalized spacial score (nSPS) is 12.5. The lowest BCUT2D eigenvalue weighted by Crippen LogP contribution is -2.19. The molecule has 5 nitrogen and oxygen atoms in total. The lowest BCUT2D eigenvalue weighted by molar-refractivity contribution is -0.218. The van der Waals surface area contributed by atoms with Gasteiger partial charge in [-0.2, -0.15) is 12.8 Å². The molecule has 2 N–H and O–H groups in total. The predicted octanol–water partition coefficient (Wildman–Crippen LogP) is 2.47. The molecule has 0 spiro atoms. The number of rotatable bonds is 9. The van der Waals surface area contributed by atoms with Gasteiger partial charge in [0.15, 0.2) is 0 Å². The Bertz CT molecular complexity index is 551. The van der Waals surface area contributed by atoms with Crippen LogP contribution in [0.2, 0.25) is 0 Å². The zero-order chi connectivity index (χ0) is 15.7. The minimum atomic E-state index is -3.91. The Morgan fingerprint density at radius 3 is 2.29 bits per heavy atom. The highest BCUT2D eigenvalue weighted by Gasteiger charge is 2.11. The van der Waals surface area contributed by atoms with Gasteiger partial charge in [0.1, 0.15) is 0 Å². The van der Waals surface area contributed by atoms with Crippen LogP contribution in [-0.2, 0) is 10.0 Å². The Labute approximate surface area is 127 Å². The van der Waals surface area contributed by atoms with Crippen molar-refractivity contribution in [3.63, 3.8) is 0 Å². The number of nitrogen functional groups attached to an aromatic ring is 1. The summed E-state index contributed by atoms with van der Waals surface area (Å²) in [5, 5.41) is 11.6. The third-order valence-electron chi connectivity index (χ3n) is 3.14. The van der Waals surface area contributed by atoms with Gasteiger partial charge in [-0.25, -0.2) is 0 Å². The van der Waals surface area contributed by atoms with Crippen molar-refractivity contribution in [3.8, 4) is 0 Å². The summed E-state index contributed by atoms with van der Waals surface area (Å²) in [5.74, 6) is -0.581. The fourth-order valence-corrected chi connectivity index (χ4v) is 2.87. The molecule has 0 aliphatic carbocycles. The molecule has 0 unspecified atom stereocenters. The molecular formula is C15H23N2O3S-. The first-order valence-corrected chi connectivity index (χ1v) is 8.76. The Kier molecular flexibility index (Phi) is 7.22. The molecule has 0 saturated carbocycles. The molecule has 1 rings (SSSR count). The monoisotopic (exact) mass is 311 g/mol. The molecule has 0 saturated heterocycles. The Balaban J connectivity index is 2.50. The van der Waals surface area contributed by atoms with Crippen molar-refractivity contribution in [1.29, 1.82) is 0 Å². The summed E-state index contributed by atoms with van der Waals surface area (Å²) in [4.78, 5) is -0.00649. The fraction of sp³-hybridized carbons (Fsp3) is 0.533. The third kappa shape index (κ3) is 6.62. The zero-order valence-corrected chi connectivity index (χ0v) is 13.2. The largest absolute Gasteiger partial charge is 0.861 e. The van der Waals surface area contributed by atoms with E-state index in [9.17, 15) is 13.5 Å². The molecule has 1 aromatic carbocycles. The molecule has 0 radical (unpaired) electrons. The van der Waals surface area contributed by atoms with Crippen LogP contribution in [0.5, 0.6) is 0 Å². The number of benzene rings is 1. The van der Waals surface area contributed by atoms with Crippen LogP contribution < -0.4 is 10.8 Å². The Morgan fingerprint density at radius 2 is 1.67 bits per heavy atom. The molecule has 0 bridgehead atoms. The van der Waals surface area contributed by atoms with Crippen LogP contribution in [0.4, 0.5) is 5.69 Å². The molecule has 0 aromatic heterocycles. The number of anilines is 1. The Hall–Kier alpha value is -1.56. The van der Waals surface area contributed by atoms with E-state index in [1.807, 2.05) is 0 Å². The first-order valence-electron chi connectivity index (χ1n) is 7.32. The van der Waals surface area contributed by atoms with Crippen molar-refractivity contribution in [3.05, 3.63) is 24.3 Å². The minimum absolute atomic E-state index is 0.00649. The van der Waals surface area contributed by atoms with E-state index in [1.54, 1.807) is 0 Å². The van der Waals surface area contributed by atoms with Crippen LogP contribution in [-0.4, -0.2) is 14.3 Å². The quantitative estimate of drug-likeness (QED) is 0.328. The molecular weight excluding hydrogens is 288 g/mol. The van der Waals surface area contributed by atoms with E-state index in [0.717, 1.165) is 19.3 Å². The van der Waals surface area contributed by atoms with Crippen molar-refractivity contribution >= 4 is 21.6 Å². The Morgan fingerprint density at radius 1 is 1.10 bits per heavy atom. The molecule has 0 amide bonds. The summed E-state index contributed by atoms with van der Waals surface area (Å²) < 4.78 is 27.1. The molecule has 1 aromatic rings. The van der Waals surface area contributed by atoms with Crippen LogP contribution >= 0.6 is 0 Å². The van der Waals surface area contributed by atoms with Gasteiger partial charge in [0, 0.05) is 5.69 Å². The molecule has 0 aliphatic heterocycles. The molecule has 0 atom stereocenters. The van der Waals surface area contributed by atoms with Gasteiger partial charge in [0.05, 0.1) is 4.90 Å². The van der Waals surface area contributed by atoms with Crippen molar-refractivity contribution < 1.29 is 13.5 Å². The van der Waals surface area contributed by atoms with Crippen molar-refractivity contribution in [2.75, 3.05) is 5.73 Å². The second kappa shape index (κ2) is 8.67. The van der Waals surface area contributed by atoms with Gasteiger partial charge in [0.2, 0.25) is 0 Å². The number of hydrogen-bond acceptors (Lipinski definition) is 4. The predicted molar refractivity (Wildman–Crippen MR) is 83.5 cm³/mol. The van der Waals surface area contributed by atoms with Gasteiger partial charge in [0.25, 0.3) is 10.0 Å². The number of nitrogens with two attached hydrogens (primary N) is 1. The summed E-state index contributed by atoms with van der Waals surface area (Å²) in [6.07, 6.45) is 6.40. The van der Waals surface area contributed by atoms with Gasteiger partial charge < -0.3 is 10.8 Å². The second-order valence-corrected chi connectivity index (χ2v) is 6.65. The van der Waals surface area contributed by atoms with Gasteiger partial charge >= 0.3 is 0 Å². The highest BCUT2D eigenvalue weighted by molar-refractivity contribution is 7.90. The first kappa shape index (κ1) is 17.5. The van der Waals surface area contributed by atoms with Crippen LogP contribution in [0.15, 0.2) is 33.6 Å². The van der Waals surface area contributed by atoms with E-state index < -0.39 is 15.9 Å². The van der Waals surface area contributed by atoms with Crippen LogP contribution in [0.1, 0.15) is 51.9 Å². The van der Waals surface area contributed by atoms with Crippen molar-refractivity contribution in [2.24, 2.45) is 4.40 Å². The lowest BCUT2D eigenvalue weighted by Gasteiger charge is -2.10. The smallest absolute Gasteiger partial charge is 0.281 e. The highest BCUT2D eigenvalue weighted by atomic mass is 32.2. The standard InChI is InChI=1S/C15H24N2O3S/c1-2-3-4-5-6-7-8-15(18)17-21(19,20)14-11-9-13(16)10-12-14/h9-12H,2-8,16H2,1H3,(H,17,18)/p-1. The van der Waals surface area contributed by atoms with E-state index >= 15 is 0 Å². The molecule has 118 valence electrons. The minimum Gasteiger partial charge on any atom is -0.861 e. The van der Waals surface area contributed by atoms with Crippen LogP contribution in [0, 0.1) is 0 Å². The average Bonchev–Trinajstić information content (AvgIpc) is 2.42. The van der Waals surface area contributed by atoms with Crippen LogP contribution in [0.25, 0.3) is 0 Å². The summed E-state index contributed by atoms with van der Waals surface area (Å²) in [6, 6.07) is 5.65. The highest BCUT2D eigenvalue weighted by Crippen LogP contribution is 2.15. The first-order chi connectivity index (χ1) is 9.95. The van der Waals surface area contributed by atoms with E-state index in [2.05, 4.69) is 11.3 Å². The van der Waals surface area contributed by atoms with E-state index in [0.29, 0.717) is 12.1 Å². The zero-order valence-electron chi connectivity index (χ0n) is 12.4. The summed E-state index contributed by atoms with van der Waals surface area (Å²) in [6.45, 7) is 2.14. The van der Waals surface area contributed by atoms with Crippen LogP contribution in [0.3, 0.4) is 0 Å². The van der Waals surface area contributed by atoms with Crippen molar-refractivity contribution in [2.45, 2.75) is 56.8 Å². The van der Waals surface area contributed by atoms with E-state index in [1.165, 1.54) is 37.1 Å². The lowest BCUT2D eigenvalue weighted by atomic mass is 10.1. The SMILES string of the molecule is CCCCCCCC/C([O-])=N/S(=O)(=O)c1ccc(N)cc1. The van der Waals surface area contributed by atoms with Gasteiger partial charge in [-0.05, 0) is 43.0 Å². The maximum absolute atomic E-state index is 11.9. The third-order valence-corrected chi connectivity index (χ3v) is 4.46.